The number of hydrogen-bond acceptors (Lipinski definition) is 4. The van der Waals surface area contributed by atoms with Crippen LogP contribution in [-0.4, -0.2) is 23.3 Å². The molecule has 0 fully saturated rings. The highest BCUT2D eigenvalue weighted by molar-refractivity contribution is 7.14. The second-order valence-corrected chi connectivity index (χ2v) is 6.31. The molecule has 0 atom stereocenters. The quantitative estimate of drug-likeness (QED) is 0.783. The lowest BCUT2D eigenvalue weighted by Crippen LogP contribution is -2.16. The Bertz CT molecular complexity index is 554. The Morgan fingerprint density at radius 2 is 2.10 bits per heavy atom. The van der Waals surface area contributed by atoms with Crippen molar-refractivity contribution in [2.45, 2.75) is 33.1 Å². The van der Waals surface area contributed by atoms with Crippen LogP contribution in [0.4, 0.5) is 0 Å². The van der Waals surface area contributed by atoms with E-state index in [2.05, 4.69) is 29.4 Å². The lowest BCUT2D eigenvalue weighted by Gasteiger charge is -2.01. The van der Waals surface area contributed by atoms with Crippen LogP contribution in [0.3, 0.4) is 0 Å². The van der Waals surface area contributed by atoms with Gasteiger partial charge in [-0.15, -0.1) is 10.2 Å². The third-order valence-electron chi connectivity index (χ3n) is 3.06. The molecule has 20 heavy (non-hydrogen) atoms. The molecule has 3 nitrogen and oxygen atoms in total. The Morgan fingerprint density at radius 1 is 1.25 bits per heavy atom. The molecule has 1 N–H and O–H groups in total. The molecule has 0 bridgehead atoms. The lowest BCUT2D eigenvalue weighted by atomic mass is 10.1. The molecule has 0 amide bonds. The summed E-state index contributed by atoms with van der Waals surface area (Å²) >= 11 is 7.66. The van der Waals surface area contributed by atoms with Gasteiger partial charge in [-0.1, -0.05) is 35.9 Å². The van der Waals surface area contributed by atoms with E-state index < -0.39 is 0 Å². The maximum atomic E-state index is 5.98. The number of aryl methyl sites for hydroxylation is 2. The van der Waals surface area contributed by atoms with Crippen LogP contribution in [0.15, 0.2) is 18.2 Å². The van der Waals surface area contributed by atoms with Crippen molar-refractivity contribution in [3.63, 3.8) is 0 Å². The van der Waals surface area contributed by atoms with Gasteiger partial charge in [0.1, 0.15) is 10.0 Å². The molecule has 5 heteroatoms. The summed E-state index contributed by atoms with van der Waals surface area (Å²) in [5.41, 5.74) is 2.27. The molecule has 2 aromatic rings. The van der Waals surface area contributed by atoms with E-state index in [4.69, 9.17) is 11.6 Å². The molecular formula is C15H20ClN3S. The van der Waals surface area contributed by atoms with Crippen molar-refractivity contribution in [3.8, 4) is 10.6 Å². The highest BCUT2D eigenvalue weighted by Gasteiger charge is 2.09. The van der Waals surface area contributed by atoms with Crippen LogP contribution in [0.2, 0.25) is 5.02 Å². The molecule has 1 heterocycles. The Labute approximate surface area is 129 Å². The fourth-order valence-corrected chi connectivity index (χ4v) is 3.20. The summed E-state index contributed by atoms with van der Waals surface area (Å²) in [7, 11) is 0. The van der Waals surface area contributed by atoms with Gasteiger partial charge in [-0.25, -0.2) is 0 Å². The summed E-state index contributed by atoms with van der Waals surface area (Å²) in [4.78, 5) is 0. The molecule has 108 valence electrons. The van der Waals surface area contributed by atoms with Crippen LogP contribution >= 0.6 is 22.9 Å². The van der Waals surface area contributed by atoms with E-state index in [1.54, 1.807) is 11.3 Å². The van der Waals surface area contributed by atoms with Gasteiger partial charge in [-0.05, 0) is 50.6 Å². The SMILES string of the molecule is CCCNCCCc1nnc(-c2ccc(Cl)cc2C)s1. The molecule has 2 rings (SSSR count). The second-order valence-electron chi connectivity index (χ2n) is 4.81. The highest BCUT2D eigenvalue weighted by atomic mass is 35.5. The first-order chi connectivity index (χ1) is 9.70. The van der Waals surface area contributed by atoms with Crippen LogP contribution in [0.1, 0.15) is 30.3 Å². The summed E-state index contributed by atoms with van der Waals surface area (Å²) in [6, 6.07) is 5.89. The first kappa shape index (κ1) is 15.4. The van der Waals surface area contributed by atoms with E-state index in [0.717, 1.165) is 52.1 Å². The van der Waals surface area contributed by atoms with Crippen molar-refractivity contribution in [2.75, 3.05) is 13.1 Å². The molecule has 0 aliphatic rings. The Hall–Kier alpha value is -0.970. The predicted molar refractivity (Wildman–Crippen MR) is 86.6 cm³/mol. The first-order valence-electron chi connectivity index (χ1n) is 7.00. The van der Waals surface area contributed by atoms with E-state index in [0.29, 0.717) is 0 Å². The first-order valence-corrected chi connectivity index (χ1v) is 8.19. The Kier molecular flexibility index (Phi) is 5.95. The zero-order chi connectivity index (χ0) is 14.4. The maximum absolute atomic E-state index is 5.98. The summed E-state index contributed by atoms with van der Waals surface area (Å²) in [6.45, 7) is 6.36. The molecule has 0 saturated carbocycles. The van der Waals surface area contributed by atoms with Crippen molar-refractivity contribution in [3.05, 3.63) is 33.8 Å². The standard InChI is InChI=1S/C15H20ClN3S/c1-3-8-17-9-4-5-14-18-19-15(20-14)13-7-6-12(16)10-11(13)2/h6-7,10,17H,3-5,8-9H2,1-2H3. The molecule has 0 unspecified atom stereocenters. The third kappa shape index (κ3) is 4.27. The van der Waals surface area contributed by atoms with E-state index in [1.807, 2.05) is 18.2 Å². The molecule has 0 radical (unpaired) electrons. The molecule has 1 aromatic heterocycles. The molecule has 1 aromatic carbocycles. The van der Waals surface area contributed by atoms with Crippen molar-refractivity contribution in [1.82, 2.24) is 15.5 Å². The molecule has 0 aliphatic heterocycles. The predicted octanol–water partition coefficient (Wildman–Crippen LogP) is 4.10. The highest BCUT2D eigenvalue weighted by Crippen LogP contribution is 2.28. The largest absolute Gasteiger partial charge is 0.317 e. The lowest BCUT2D eigenvalue weighted by molar-refractivity contribution is 0.637. The number of benzene rings is 1. The molecular weight excluding hydrogens is 290 g/mol. The van der Waals surface area contributed by atoms with Gasteiger partial charge >= 0.3 is 0 Å². The number of halogens is 1. The number of nitrogens with zero attached hydrogens (tertiary/aromatic N) is 2. The monoisotopic (exact) mass is 309 g/mol. The van der Waals surface area contributed by atoms with E-state index in [-0.39, 0.29) is 0 Å². The zero-order valence-corrected chi connectivity index (χ0v) is 13.5. The average molecular weight is 310 g/mol. The number of hydrogen-bond donors (Lipinski definition) is 1. The van der Waals surface area contributed by atoms with Gasteiger partial charge < -0.3 is 5.32 Å². The Morgan fingerprint density at radius 3 is 2.85 bits per heavy atom. The van der Waals surface area contributed by atoms with Gasteiger partial charge in [0, 0.05) is 17.0 Å². The van der Waals surface area contributed by atoms with Crippen LogP contribution in [0, 0.1) is 6.92 Å². The number of rotatable bonds is 7. The van der Waals surface area contributed by atoms with Crippen molar-refractivity contribution < 1.29 is 0 Å². The van der Waals surface area contributed by atoms with Gasteiger partial charge in [0.05, 0.1) is 0 Å². The minimum Gasteiger partial charge on any atom is -0.317 e. The van der Waals surface area contributed by atoms with Crippen molar-refractivity contribution in [2.24, 2.45) is 0 Å². The van der Waals surface area contributed by atoms with Crippen molar-refractivity contribution in [1.29, 1.82) is 0 Å². The molecule has 0 saturated heterocycles. The minimum atomic E-state index is 0.762. The van der Waals surface area contributed by atoms with Gasteiger partial charge in [-0.3, -0.25) is 0 Å². The van der Waals surface area contributed by atoms with E-state index in [9.17, 15) is 0 Å². The van der Waals surface area contributed by atoms with Crippen LogP contribution < -0.4 is 5.32 Å². The maximum Gasteiger partial charge on any atom is 0.148 e. The topological polar surface area (TPSA) is 37.8 Å². The summed E-state index contributed by atoms with van der Waals surface area (Å²) in [6.07, 6.45) is 3.27. The van der Waals surface area contributed by atoms with Gasteiger partial charge in [-0.2, -0.15) is 0 Å². The number of nitrogens with one attached hydrogen (secondary N) is 1. The summed E-state index contributed by atoms with van der Waals surface area (Å²) in [5, 5.41) is 14.8. The van der Waals surface area contributed by atoms with Crippen LogP contribution in [0.5, 0.6) is 0 Å². The van der Waals surface area contributed by atoms with Crippen LogP contribution in [-0.2, 0) is 6.42 Å². The minimum absolute atomic E-state index is 0.762. The van der Waals surface area contributed by atoms with Gasteiger partial charge in [0.15, 0.2) is 0 Å². The third-order valence-corrected chi connectivity index (χ3v) is 4.31. The zero-order valence-electron chi connectivity index (χ0n) is 11.9. The normalized spacial score (nSPS) is 10.9. The van der Waals surface area contributed by atoms with Gasteiger partial charge in [0.2, 0.25) is 0 Å². The number of aromatic nitrogens is 2. The van der Waals surface area contributed by atoms with E-state index >= 15 is 0 Å². The van der Waals surface area contributed by atoms with E-state index in [1.165, 1.54) is 6.42 Å². The Balaban J connectivity index is 1.95. The summed E-state index contributed by atoms with van der Waals surface area (Å²) < 4.78 is 0. The fraction of sp³-hybridized carbons (Fsp3) is 0.467. The fourth-order valence-electron chi connectivity index (χ4n) is 2.00. The van der Waals surface area contributed by atoms with Crippen LogP contribution in [0.25, 0.3) is 10.6 Å². The molecule has 0 aliphatic carbocycles. The van der Waals surface area contributed by atoms with Gasteiger partial charge in [0.25, 0.3) is 0 Å². The second kappa shape index (κ2) is 7.72. The van der Waals surface area contributed by atoms with Crippen molar-refractivity contribution >= 4 is 22.9 Å². The molecule has 0 spiro atoms. The summed E-state index contributed by atoms with van der Waals surface area (Å²) in [5.74, 6) is 0. The smallest absolute Gasteiger partial charge is 0.148 e. The average Bonchev–Trinajstić information content (AvgIpc) is 2.87.